The Kier molecular flexibility index (Phi) is 7.03. The van der Waals surface area contributed by atoms with E-state index in [1.165, 1.54) is 0 Å². The van der Waals surface area contributed by atoms with Crippen molar-refractivity contribution in [2.24, 2.45) is 5.92 Å². The minimum Gasteiger partial charge on any atom is -0.497 e. The van der Waals surface area contributed by atoms with Crippen molar-refractivity contribution in [3.63, 3.8) is 0 Å². The maximum atomic E-state index is 12.9. The molecular formula is C30H28N2O5. The molecule has 1 aliphatic rings. The highest BCUT2D eigenvalue weighted by Gasteiger charge is 2.28. The summed E-state index contributed by atoms with van der Waals surface area (Å²) in [6.45, 7) is 1.13. The zero-order valence-corrected chi connectivity index (χ0v) is 20.6. The van der Waals surface area contributed by atoms with Crippen LogP contribution in [0, 0.1) is 5.92 Å². The van der Waals surface area contributed by atoms with Gasteiger partial charge >= 0.3 is 0 Å². The fourth-order valence-electron chi connectivity index (χ4n) is 4.66. The average Bonchev–Trinajstić information content (AvgIpc) is 3.38. The molecule has 1 N–H and O–H groups in total. The molecule has 0 bridgehead atoms. The maximum absolute atomic E-state index is 12.9. The van der Waals surface area contributed by atoms with Crippen LogP contribution in [-0.4, -0.2) is 42.7 Å². The number of carbonyl (C=O) groups is 3. The van der Waals surface area contributed by atoms with Gasteiger partial charge in [0.25, 0.3) is 5.91 Å². The van der Waals surface area contributed by atoms with Crippen molar-refractivity contribution < 1.29 is 23.5 Å². The largest absolute Gasteiger partial charge is 0.497 e. The number of Topliss-reactive ketones (excluding diaryl/α,β-unsaturated/α-hetero) is 1. The van der Waals surface area contributed by atoms with E-state index in [-0.39, 0.29) is 35.7 Å². The van der Waals surface area contributed by atoms with Crippen molar-refractivity contribution in [1.29, 1.82) is 0 Å². The van der Waals surface area contributed by atoms with Gasteiger partial charge < -0.3 is 19.4 Å². The Bertz CT molecular complexity index is 1380. The highest BCUT2D eigenvalue weighted by Crippen LogP contribution is 2.24. The number of ketones is 1. The zero-order chi connectivity index (χ0) is 25.8. The van der Waals surface area contributed by atoms with Crippen molar-refractivity contribution in [1.82, 2.24) is 4.90 Å². The number of nitrogens with one attached hydrogen (secondary N) is 1. The molecule has 0 atom stereocenters. The summed E-state index contributed by atoms with van der Waals surface area (Å²) in [5.74, 6) is 0.719. The number of furan rings is 1. The van der Waals surface area contributed by atoms with Gasteiger partial charge in [0, 0.05) is 35.6 Å². The number of para-hydroxylation sites is 1. The third-order valence-electron chi connectivity index (χ3n) is 6.81. The maximum Gasteiger partial charge on any atom is 0.291 e. The second-order valence-corrected chi connectivity index (χ2v) is 9.22. The van der Waals surface area contributed by atoms with Gasteiger partial charge in [-0.2, -0.15) is 0 Å². The highest BCUT2D eigenvalue weighted by atomic mass is 16.5. The lowest BCUT2D eigenvalue weighted by molar-refractivity contribution is -0.131. The quantitative estimate of drug-likeness (QED) is 0.348. The first-order valence-electron chi connectivity index (χ1n) is 12.3. The average molecular weight is 497 g/mol. The first-order valence-corrected chi connectivity index (χ1v) is 12.3. The van der Waals surface area contributed by atoms with E-state index >= 15 is 0 Å². The van der Waals surface area contributed by atoms with Gasteiger partial charge in [-0.3, -0.25) is 14.4 Å². The van der Waals surface area contributed by atoms with Crippen LogP contribution in [0.4, 0.5) is 5.69 Å². The number of piperidine rings is 1. The van der Waals surface area contributed by atoms with Crippen LogP contribution in [0.25, 0.3) is 11.0 Å². The molecule has 0 radical (unpaired) electrons. The molecule has 4 aromatic rings. The van der Waals surface area contributed by atoms with Crippen LogP contribution in [-0.2, 0) is 11.2 Å². The van der Waals surface area contributed by atoms with Crippen LogP contribution < -0.4 is 10.1 Å². The van der Waals surface area contributed by atoms with Gasteiger partial charge in [-0.15, -0.1) is 0 Å². The van der Waals surface area contributed by atoms with Crippen LogP contribution in [0.15, 0.2) is 83.3 Å². The lowest BCUT2D eigenvalue weighted by Gasteiger charge is -2.31. The van der Waals surface area contributed by atoms with E-state index in [1.54, 1.807) is 49.6 Å². The number of anilines is 1. The highest BCUT2D eigenvalue weighted by molar-refractivity contribution is 6.04. The van der Waals surface area contributed by atoms with Crippen molar-refractivity contribution in [2.75, 3.05) is 25.5 Å². The number of nitrogens with zero attached hydrogens (tertiary/aromatic N) is 1. The summed E-state index contributed by atoms with van der Waals surface area (Å²) in [6, 6.07) is 23.6. The Hall–Kier alpha value is -4.39. The number of fused-ring (bicyclic) bond motifs is 1. The molecule has 1 aliphatic heterocycles. The predicted octanol–water partition coefficient (Wildman–Crippen LogP) is 5.36. The molecule has 2 amide bonds. The van der Waals surface area contributed by atoms with E-state index in [1.807, 2.05) is 41.3 Å². The SMILES string of the molecule is COc1ccc(C(=O)C2CCN(C(=O)Cc3ccc(NC(=O)c4cc5ccccc5o4)cc3)CC2)cc1. The second-order valence-electron chi connectivity index (χ2n) is 9.22. The molecule has 1 fully saturated rings. The number of hydrogen-bond donors (Lipinski definition) is 1. The van der Waals surface area contributed by atoms with Crippen LogP contribution in [0.2, 0.25) is 0 Å². The van der Waals surface area contributed by atoms with Crippen molar-refractivity contribution in [3.8, 4) is 5.75 Å². The van der Waals surface area contributed by atoms with Crippen LogP contribution >= 0.6 is 0 Å². The third kappa shape index (κ3) is 5.56. The Morgan fingerprint density at radius 2 is 1.65 bits per heavy atom. The van der Waals surface area contributed by atoms with E-state index in [2.05, 4.69) is 5.32 Å². The van der Waals surface area contributed by atoms with Crippen molar-refractivity contribution in [3.05, 3.63) is 95.7 Å². The second kappa shape index (κ2) is 10.7. The van der Waals surface area contributed by atoms with Gasteiger partial charge in [-0.25, -0.2) is 0 Å². The normalized spacial score (nSPS) is 13.9. The molecule has 5 rings (SSSR count). The number of benzene rings is 3. The van der Waals surface area contributed by atoms with E-state index in [0.717, 1.165) is 16.7 Å². The van der Waals surface area contributed by atoms with Crippen LogP contribution in [0.5, 0.6) is 5.75 Å². The first-order chi connectivity index (χ1) is 18.0. The fourth-order valence-corrected chi connectivity index (χ4v) is 4.66. The molecule has 1 aromatic heterocycles. The van der Waals surface area contributed by atoms with Gasteiger partial charge in [-0.05, 0) is 66.9 Å². The summed E-state index contributed by atoms with van der Waals surface area (Å²) in [7, 11) is 1.60. The third-order valence-corrected chi connectivity index (χ3v) is 6.81. The minimum atomic E-state index is -0.327. The molecule has 188 valence electrons. The molecule has 2 heterocycles. The molecule has 37 heavy (non-hydrogen) atoms. The summed E-state index contributed by atoms with van der Waals surface area (Å²) in [6.07, 6.45) is 1.58. The molecule has 0 saturated carbocycles. The number of amides is 2. The summed E-state index contributed by atoms with van der Waals surface area (Å²) >= 11 is 0. The fraction of sp³-hybridized carbons (Fsp3) is 0.233. The van der Waals surface area contributed by atoms with Gasteiger partial charge in [0.1, 0.15) is 11.3 Å². The van der Waals surface area contributed by atoms with Gasteiger partial charge in [0.2, 0.25) is 5.91 Å². The molecule has 0 unspecified atom stereocenters. The van der Waals surface area contributed by atoms with E-state index in [9.17, 15) is 14.4 Å². The standard InChI is InChI=1S/C30H28N2O5/c1-36-25-12-8-21(9-13-25)29(34)22-14-16-32(17-15-22)28(33)18-20-6-10-24(11-7-20)31-30(35)27-19-23-4-2-3-5-26(23)37-27/h2-13,19,22H,14-18H2,1H3,(H,31,35). The summed E-state index contributed by atoms with van der Waals surface area (Å²) in [4.78, 5) is 40.1. The first kappa shape index (κ1) is 24.3. The Morgan fingerprint density at radius 3 is 2.32 bits per heavy atom. The summed E-state index contributed by atoms with van der Waals surface area (Å²) in [5, 5.41) is 3.70. The Balaban J connectivity index is 1.12. The van der Waals surface area contributed by atoms with Crippen molar-refractivity contribution >= 4 is 34.3 Å². The zero-order valence-electron chi connectivity index (χ0n) is 20.6. The molecule has 7 heteroatoms. The minimum absolute atomic E-state index is 0.0365. The molecule has 0 spiro atoms. The lowest BCUT2D eigenvalue weighted by Crippen LogP contribution is -2.41. The van der Waals surface area contributed by atoms with E-state index in [4.69, 9.17) is 9.15 Å². The summed E-state index contributed by atoms with van der Waals surface area (Å²) in [5.41, 5.74) is 2.83. The van der Waals surface area contributed by atoms with Crippen LogP contribution in [0.3, 0.4) is 0 Å². The molecule has 0 aliphatic carbocycles. The number of carbonyl (C=O) groups excluding carboxylic acids is 3. The predicted molar refractivity (Wildman–Crippen MR) is 141 cm³/mol. The number of rotatable bonds is 7. The van der Waals surface area contributed by atoms with Gasteiger partial charge in [0.05, 0.1) is 13.5 Å². The number of methoxy groups -OCH3 is 1. The van der Waals surface area contributed by atoms with Gasteiger partial charge in [-0.1, -0.05) is 30.3 Å². The Labute approximate surface area is 215 Å². The monoisotopic (exact) mass is 496 g/mol. The number of ether oxygens (including phenoxy) is 1. The molecule has 3 aromatic carbocycles. The number of likely N-dealkylation sites (tertiary alicyclic amines) is 1. The lowest BCUT2D eigenvalue weighted by atomic mass is 9.88. The van der Waals surface area contributed by atoms with Gasteiger partial charge in [0.15, 0.2) is 11.5 Å². The summed E-state index contributed by atoms with van der Waals surface area (Å²) < 4.78 is 10.8. The van der Waals surface area contributed by atoms with E-state index in [0.29, 0.717) is 42.8 Å². The van der Waals surface area contributed by atoms with E-state index < -0.39 is 0 Å². The topological polar surface area (TPSA) is 88.9 Å². The molecule has 7 nitrogen and oxygen atoms in total. The number of hydrogen-bond acceptors (Lipinski definition) is 5. The van der Waals surface area contributed by atoms with Crippen LogP contribution in [0.1, 0.15) is 39.3 Å². The Morgan fingerprint density at radius 1 is 0.946 bits per heavy atom. The van der Waals surface area contributed by atoms with Crippen molar-refractivity contribution in [2.45, 2.75) is 19.3 Å². The molecule has 1 saturated heterocycles. The molecular weight excluding hydrogens is 468 g/mol. The smallest absolute Gasteiger partial charge is 0.291 e.